The van der Waals surface area contributed by atoms with Crippen molar-refractivity contribution in [2.24, 2.45) is 11.8 Å². The van der Waals surface area contributed by atoms with Gasteiger partial charge in [0.2, 0.25) is 0 Å². The van der Waals surface area contributed by atoms with Crippen molar-refractivity contribution in [3.63, 3.8) is 0 Å². The molecule has 0 radical (unpaired) electrons. The molecule has 0 aromatic carbocycles. The van der Waals surface area contributed by atoms with Crippen LogP contribution in [0.2, 0.25) is 0 Å². The molecule has 1 unspecified atom stereocenters. The molecule has 1 fully saturated rings. The summed E-state index contributed by atoms with van der Waals surface area (Å²) in [5, 5.41) is 0. The second kappa shape index (κ2) is 6.53. The van der Waals surface area contributed by atoms with Gasteiger partial charge in [0, 0.05) is 11.6 Å². The first-order chi connectivity index (χ1) is 8.06. The second-order valence-electron chi connectivity index (χ2n) is 5.77. The Hall–Kier alpha value is -0.380. The highest BCUT2D eigenvalue weighted by Crippen LogP contribution is 2.38. The summed E-state index contributed by atoms with van der Waals surface area (Å²) in [6, 6.07) is 0.364. The van der Waals surface area contributed by atoms with Gasteiger partial charge in [0.05, 0.1) is 0 Å². The minimum Gasteiger partial charge on any atom is -0.302 e. The molecule has 3 N–H and O–H groups in total. The van der Waals surface area contributed by atoms with E-state index in [1.165, 1.54) is 25.7 Å². The van der Waals surface area contributed by atoms with Crippen molar-refractivity contribution >= 4 is 0 Å². The van der Waals surface area contributed by atoms with Crippen molar-refractivity contribution in [3.05, 3.63) is 12.7 Å². The number of hydrogen-bond donors (Lipinski definition) is 2. The molecule has 0 aromatic heterocycles. The number of likely N-dealkylation sites (N-methyl/N-ethyl adjacent to an activating group) is 1. The van der Waals surface area contributed by atoms with E-state index in [-0.39, 0.29) is 5.54 Å². The lowest BCUT2D eigenvalue weighted by atomic mass is 9.71. The van der Waals surface area contributed by atoms with Crippen LogP contribution < -0.4 is 11.3 Å². The van der Waals surface area contributed by atoms with E-state index in [1.807, 2.05) is 6.08 Å². The van der Waals surface area contributed by atoms with Crippen LogP contribution in [0.4, 0.5) is 0 Å². The fraction of sp³-hybridized carbons (Fsp3) is 0.857. The summed E-state index contributed by atoms with van der Waals surface area (Å²) in [6.45, 7) is 6.16. The first-order valence-electron chi connectivity index (χ1n) is 6.81. The highest BCUT2D eigenvalue weighted by Gasteiger charge is 2.42. The summed E-state index contributed by atoms with van der Waals surface area (Å²) in [4.78, 5) is 2.38. The zero-order valence-corrected chi connectivity index (χ0v) is 11.7. The minimum absolute atomic E-state index is 0.226. The number of nitrogens with zero attached hydrogens (tertiary/aromatic N) is 1. The highest BCUT2D eigenvalue weighted by molar-refractivity contribution is 5.01. The lowest BCUT2D eigenvalue weighted by molar-refractivity contribution is 0.0407. The molecular weight excluding hydrogens is 210 g/mol. The van der Waals surface area contributed by atoms with Gasteiger partial charge in [-0.25, -0.2) is 0 Å². The van der Waals surface area contributed by atoms with Crippen LogP contribution in [-0.4, -0.2) is 30.6 Å². The molecule has 0 spiro atoms. The molecule has 1 rings (SSSR count). The SMILES string of the molecule is C=CCCC(NN)C1(N(C)C)CCC(C)CC1. The number of hydrazine groups is 1. The summed E-state index contributed by atoms with van der Waals surface area (Å²) in [7, 11) is 4.38. The van der Waals surface area contributed by atoms with E-state index in [2.05, 4.69) is 37.9 Å². The number of nitrogens with two attached hydrogens (primary N) is 1. The Labute approximate surface area is 106 Å². The summed E-state index contributed by atoms with van der Waals surface area (Å²) in [5.74, 6) is 6.65. The average Bonchev–Trinajstić information content (AvgIpc) is 2.32. The number of allylic oxidation sites excluding steroid dienone is 1. The van der Waals surface area contributed by atoms with E-state index in [9.17, 15) is 0 Å². The van der Waals surface area contributed by atoms with Crippen LogP contribution in [0.1, 0.15) is 45.4 Å². The van der Waals surface area contributed by atoms with E-state index in [0.717, 1.165) is 18.8 Å². The molecule has 100 valence electrons. The van der Waals surface area contributed by atoms with Crippen LogP contribution in [0.25, 0.3) is 0 Å². The molecule has 0 aliphatic heterocycles. The maximum absolute atomic E-state index is 5.79. The molecule has 1 saturated carbocycles. The maximum atomic E-state index is 5.79. The number of nitrogens with one attached hydrogen (secondary N) is 1. The van der Waals surface area contributed by atoms with Crippen LogP contribution in [0.5, 0.6) is 0 Å². The topological polar surface area (TPSA) is 41.3 Å². The molecule has 3 nitrogen and oxygen atoms in total. The van der Waals surface area contributed by atoms with Gasteiger partial charge >= 0.3 is 0 Å². The van der Waals surface area contributed by atoms with Crippen molar-refractivity contribution in [1.29, 1.82) is 0 Å². The fourth-order valence-corrected chi connectivity index (χ4v) is 3.16. The van der Waals surface area contributed by atoms with Crippen LogP contribution >= 0.6 is 0 Å². The van der Waals surface area contributed by atoms with Crippen molar-refractivity contribution in [2.75, 3.05) is 14.1 Å². The zero-order chi connectivity index (χ0) is 12.9. The Balaban J connectivity index is 2.77. The fourth-order valence-electron chi connectivity index (χ4n) is 3.16. The van der Waals surface area contributed by atoms with E-state index in [1.54, 1.807) is 0 Å². The van der Waals surface area contributed by atoms with Gasteiger partial charge < -0.3 is 4.90 Å². The molecule has 0 bridgehead atoms. The Bertz CT molecular complexity index is 230. The number of rotatable bonds is 6. The van der Waals surface area contributed by atoms with Gasteiger partial charge in [-0.1, -0.05) is 13.0 Å². The normalized spacial score (nSPS) is 31.5. The van der Waals surface area contributed by atoms with Gasteiger partial charge in [-0.3, -0.25) is 11.3 Å². The number of hydrogen-bond acceptors (Lipinski definition) is 3. The van der Waals surface area contributed by atoms with Crippen LogP contribution in [0.15, 0.2) is 12.7 Å². The molecule has 0 aromatic rings. The summed E-state index contributed by atoms with van der Waals surface area (Å²) >= 11 is 0. The standard InChI is InChI=1S/C14H29N3/c1-5-6-7-13(16-15)14(17(3)4)10-8-12(2)9-11-14/h5,12-13,16H,1,6-11,15H2,2-4H3. The first kappa shape index (κ1) is 14.7. The molecule has 1 aliphatic carbocycles. The molecule has 0 saturated heterocycles. The zero-order valence-electron chi connectivity index (χ0n) is 11.7. The predicted molar refractivity (Wildman–Crippen MR) is 74.6 cm³/mol. The quantitative estimate of drug-likeness (QED) is 0.424. The van der Waals surface area contributed by atoms with E-state index in [4.69, 9.17) is 5.84 Å². The molecule has 1 aliphatic rings. The third-order valence-corrected chi connectivity index (χ3v) is 4.54. The Morgan fingerprint density at radius 2 is 2.06 bits per heavy atom. The van der Waals surface area contributed by atoms with Crippen LogP contribution in [-0.2, 0) is 0 Å². The van der Waals surface area contributed by atoms with Gasteiger partial charge in [-0.15, -0.1) is 6.58 Å². The van der Waals surface area contributed by atoms with Crippen LogP contribution in [0.3, 0.4) is 0 Å². The molecule has 3 heteroatoms. The summed E-state index contributed by atoms with van der Waals surface area (Å²) in [6.07, 6.45) is 9.20. The van der Waals surface area contributed by atoms with Gasteiger partial charge in [0.15, 0.2) is 0 Å². The molecule has 17 heavy (non-hydrogen) atoms. The summed E-state index contributed by atoms with van der Waals surface area (Å²) in [5.41, 5.74) is 3.28. The monoisotopic (exact) mass is 239 g/mol. The Kier molecular flexibility index (Phi) is 5.63. The lowest BCUT2D eigenvalue weighted by Crippen LogP contribution is -2.61. The Morgan fingerprint density at radius 3 is 2.47 bits per heavy atom. The van der Waals surface area contributed by atoms with Gasteiger partial charge in [-0.05, 0) is 58.5 Å². The van der Waals surface area contributed by atoms with E-state index in [0.29, 0.717) is 6.04 Å². The van der Waals surface area contributed by atoms with E-state index >= 15 is 0 Å². The molecule has 0 amide bonds. The molecular formula is C14H29N3. The average molecular weight is 239 g/mol. The van der Waals surface area contributed by atoms with Crippen molar-refractivity contribution in [1.82, 2.24) is 10.3 Å². The second-order valence-corrected chi connectivity index (χ2v) is 5.77. The van der Waals surface area contributed by atoms with Gasteiger partial charge in [-0.2, -0.15) is 0 Å². The smallest absolute Gasteiger partial charge is 0.0397 e. The van der Waals surface area contributed by atoms with Gasteiger partial charge in [0.25, 0.3) is 0 Å². The molecule has 1 atom stereocenters. The van der Waals surface area contributed by atoms with E-state index < -0.39 is 0 Å². The predicted octanol–water partition coefficient (Wildman–Crippen LogP) is 2.29. The maximum Gasteiger partial charge on any atom is 0.0397 e. The summed E-state index contributed by atoms with van der Waals surface area (Å²) < 4.78 is 0. The molecule has 0 heterocycles. The van der Waals surface area contributed by atoms with Gasteiger partial charge in [0.1, 0.15) is 0 Å². The Morgan fingerprint density at radius 1 is 1.47 bits per heavy atom. The third-order valence-electron chi connectivity index (χ3n) is 4.54. The lowest BCUT2D eigenvalue weighted by Gasteiger charge is -2.49. The van der Waals surface area contributed by atoms with Crippen molar-refractivity contribution in [2.45, 2.75) is 57.0 Å². The van der Waals surface area contributed by atoms with Crippen LogP contribution in [0, 0.1) is 5.92 Å². The first-order valence-corrected chi connectivity index (χ1v) is 6.81. The van der Waals surface area contributed by atoms with Crippen molar-refractivity contribution in [3.8, 4) is 0 Å². The largest absolute Gasteiger partial charge is 0.302 e. The van der Waals surface area contributed by atoms with Crippen molar-refractivity contribution < 1.29 is 0 Å². The third kappa shape index (κ3) is 3.30. The minimum atomic E-state index is 0.226. The highest BCUT2D eigenvalue weighted by atomic mass is 15.3.